The summed E-state index contributed by atoms with van der Waals surface area (Å²) in [5.41, 5.74) is 1.38. The third-order valence-electron chi connectivity index (χ3n) is 3.92. The van der Waals surface area contributed by atoms with Crippen LogP contribution in [0.1, 0.15) is 37.7 Å². The number of benzene rings is 1. The number of ether oxygens (including phenoxy) is 1. The lowest BCUT2D eigenvalue weighted by molar-refractivity contribution is 0.120. The van der Waals surface area contributed by atoms with Gasteiger partial charge in [0.05, 0.1) is 6.61 Å². The normalized spacial score (nSPS) is 18.6. The summed E-state index contributed by atoms with van der Waals surface area (Å²) >= 11 is 10.5. The molecule has 1 aliphatic rings. The third kappa shape index (κ3) is 3.36. The molecule has 18 heavy (non-hydrogen) atoms. The summed E-state index contributed by atoms with van der Waals surface area (Å²) in [6.07, 6.45) is 6.45. The van der Waals surface area contributed by atoms with E-state index in [1.165, 1.54) is 32.1 Å². The molecule has 0 aliphatic heterocycles. The van der Waals surface area contributed by atoms with Gasteiger partial charge in [0.2, 0.25) is 0 Å². The van der Waals surface area contributed by atoms with Crippen LogP contribution in [0.5, 0.6) is 5.75 Å². The Hall–Kier alpha value is -0.340. The Morgan fingerprint density at radius 1 is 1.28 bits per heavy atom. The van der Waals surface area contributed by atoms with Crippen LogP contribution in [0.25, 0.3) is 0 Å². The lowest BCUT2D eigenvalue weighted by Crippen LogP contribution is -2.33. The lowest BCUT2D eigenvalue weighted by Gasteiger charge is -2.35. The molecule has 0 unspecified atom stereocenters. The summed E-state index contributed by atoms with van der Waals surface area (Å²) in [6, 6.07) is 5.80. The Balaban J connectivity index is 2.01. The first-order valence-electron chi connectivity index (χ1n) is 6.65. The van der Waals surface area contributed by atoms with E-state index in [0.717, 1.165) is 28.7 Å². The first-order chi connectivity index (χ1) is 8.65. The Morgan fingerprint density at radius 2 is 2.00 bits per heavy atom. The lowest BCUT2D eigenvalue weighted by atomic mass is 9.76. The van der Waals surface area contributed by atoms with Crippen molar-refractivity contribution in [3.63, 3.8) is 0 Å². The summed E-state index contributed by atoms with van der Waals surface area (Å²) in [7, 11) is 0. The zero-order valence-corrected chi connectivity index (χ0v) is 12.6. The zero-order valence-electron chi connectivity index (χ0n) is 10.9. The molecule has 1 saturated carbocycles. The molecule has 0 radical (unpaired) electrons. The van der Waals surface area contributed by atoms with Gasteiger partial charge in [-0.1, -0.05) is 30.9 Å². The van der Waals surface area contributed by atoms with Gasteiger partial charge in [-0.05, 0) is 49.3 Å². The fourth-order valence-electron chi connectivity index (χ4n) is 2.66. The van der Waals surface area contributed by atoms with E-state index in [9.17, 15) is 0 Å². The van der Waals surface area contributed by atoms with Gasteiger partial charge in [0.1, 0.15) is 5.75 Å². The average molecular weight is 285 g/mol. The van der Waals surface area contributed by atoms with Crippen molar-refractivity contribution >= 4 is 24.2 Å². The van der Waals surface area contributed by atoms with Gasteiger partial charge in [0.15, 0.2) is 0 Å². The van der Waals surface area contributed by atoms with E-state index in [4.69, 9.17) is 16.3 Å². The van der Waals surface area contributed by atoms with Gasteiger partial charge in [-0.2, -0.15) is 12.6 Å². The summed E-state index contributed by atoms with van der Waals surface area (Å²) in [4.78, 5) is 0. The van der Waals surface area contributed by atoms with Crippen molar-refractivity contribution in [2.75, 3.05) is 12.4 Å². The van der Waals surface area contributed by atoms with Crippen LogP contribution in [0.4, 0.5) is 0 Å². The topological polar surface area (TPSA) is 9.23 Å². The maximum Gasteiger partial charge on any atom is 0.122 e. The van der Waals surface area contributed by atoms with Crippen molar-refractivity contribution in [1.29, 1.82) is 0 Å². The molecule has 2 rings (SSSR count). The van der Waals surface area contributed by atoms with Crippen LogP contribution < -0.4 is 4.74 Å². The molecule has 1 aromatic rings. The van der Waals surface area contributed by atoms with Crippen LogP contribution >= 0.6 is 24.2 Å². The average Bonchev–Trinajstić information content (AvgIpc) is 2.39. The first-order valence-corrected chi connectivity index (χ1v) is 7.66. The first kappa shape index (κ1) is 14.1. The van der Waals surface area contributed by atoms with Gasteiger partial charge >= 0.3 is 0 Å². The minimum atomic E-state index is 0.271. The maximum atomic E-state index is 6.02. The molecule has 1 fully saturated rings. The molecule has 0 spiro atoms. The second kappa shape index (κ2) is 6.21. The Labute approximate surface area is 120 Å². The predicted molar refractivity (Wildman–Crippen MR) is 81.1 cm³/mol. The summed E-state index contributed by atoms with van der Waals surface area (Å²) in [5, 5.41) is 0.765. The zero-order chi connectivity index (χ0) is 13.0. The van der Waals surface area contributed by atoms with E-state index < -0.39 is 0 Å². The molecule has 1 aliphatic carbocycles. The highest BCUT2D eigenvalue weighted by Crippen LogP contribution is 2.38. The predicted octanol–water partition coefficient (Wildman–Crippen LogP) is 4.91. The third-order valence-corrected chi connectivity index (χ3v) is 4.83. The van der Waals surface area contributed by atoms with E-state index in [0.29, 0.717) is 0 Å². The molecule has 0 N–H and O–H groups in total. The molecule has 3 heteroatoms. The van der Waals surface area contributed by atoms with Crippen molar-refractivity contribution in [1.82, 2.24) is 0 Å². The number of thiol groups is 1. The van der Waals surface area contributed by atoms with E-state index in [1.54, 1.807) is 0 Å². The summed E-state index contributed by atoms with van der Waals surface area (Å²) in [5.74, 6) is 1.87. The quantitative estimate of drug-likeness (QED) is 0.773. The van der Waals surface area contributed by atoms with Gasteiger partial charge in [-0.25, -0.2) is 0 Å². The minimum Gasteiger partial charge on any atom is -0.493 e. The summed E-state index contributed by atoms with van der Waals surface area (Å²) < 4.78 is 6.02. The molecule has 0 heterocycles. The smallest absolute Gasteiger partial charge is 0.122 e. The number of rotatable bonds is 4. The maximum absolute atomic E-state index is 6.02. The van der Waals surface area contributed by atoms with Crippen LogP contribution in [0, 0.1) is 12.3 Å². The molecule has 0 aromatic heterocycles. The van der Waals surface area contributed by atoms with Crippen LogP contribution in [-0.4, -0.2) is 12.4 Å². The van der Waals surface area contributed by atoms with Gasteiger partial charge in [-0.15, -0.1) is 0 Å². The number of hydrogen-bond donors (Lipinski definition) is 1. The number of halogens is 1. The van der Waals surface area contributed by atoms with E-state index in [1.807, 2.05) is 25.1 Å². The molecule has 0 amide bonds. The second-order valence-electron chi connectivity index (χ2n) is 5.42. The second-order valence-corrected chi connectivity index (χ2v) is 6.17. The number of aryl methyl sites for hydroxylation is 1. The van der Waals surface area contributed by atoms with E-state index in [-0.39, 0.29) is 5.41 Å². The molecular formula is C15H21ClOS. The molecule has 1 nitrogen and oxygen atoms in total. The fraction of sp³-hybridized carbons (Fsp3) is 0.600. The van der Waals surface area contributed by atoms with E-state index in [2.05, 4.69) is 12.6 Å². The number of hydrogen-bond acceptors (Lipinski definition) is 2. The molecule has 0 saturated heterocycles. The van der Waals surface area contributed by atoms with Crippen molar-refractivity contribution in [3.8, 4) is 5.75 Å². The molecule has 100 valence electrons. The van der Waals surface area contributed by atoms with Crippen molar-refractivity contribution < 1.29 is 4.74 Å². The standard InChI is InChI=1S/C15H21ClOS/c1-12-9-13(16)5-6-14(12)17-10-15(11-18)7-3-2-4-8-15/h5-6,9,18H,2-4,7-8,10-11H2,1H3. The van der Waals surface area contributed by atoms with Gasteiger partial charge in [0, 0.05) is 10.4 Å². The van der Waals surface area contributed by atoms with Crippen molar-refractivity contribution in [3.05, 3.63) is 28.8 Å². The van der Waals surface area contributed by atoms with Gasteiger partial charge in [-0.3, -0.25) is 0 Å². The molecule has 0 atom stereocenters. The molecule has 0 bridgehead atoms. The van der Waals surface area contributed by atoms with Crippen molar-refractivity contribution in [2.45, 2.75) is 39.0 Å². The monoisotopic (exact) mass is 284 g/mol. The van der Waals surface area contributed by atoms with Crippen LogP contribution in [0.2, 0.25) is 5.02 Å². The van der Waals surface area contributed by atoms with Gasteiger partial charge < -0.3 is 4.74 Å². The van der Waals surface area contributed by atoms with Crippen molar-refractivity contribution in [2.24, 2.45) is 5.41 Å². The van der Waals surface area contributed by atoms with E-state index >= 15 is 0 Å². The SMILES string of the molecule is Cc1cc(Cl)ccc1OCC1(CS)CCCCC1. The Bertz CT molecular complexity index is 399. The molecule has 1 aromatic carbocycles. The van der Waals surface area contributed by atoms with Crippen LogP contribution in [-0.2, 0) is 0 Å². The fourth-order valence-corrected chi connectivity index (χ4v) is 3.29. The van der Waals surface area contributed by atoms with Crippen LogP contribution in [0.15, 0.2) is 18.2 Å². The Morgan fingerprint density at radius 3 is 2.61 bits per heavy atom. The molecular weight excluding hydrogens is 264 g/mol. The Kier molecular flexibility index (Phi) is 4.85. The summed E-state index contributed by atoms with van der Waals surface area (Å²) in [6.45, 7) is 2.81. The van der Waals surface area contributed by atoms with Gasteiger partial charge in [0.25, 0.3) is 0 Å². The highest BCUT2D eigenvalue weighted by atomic mass is 35.5. The minimum absolute atomic E-state index is 0.271. The largest absolute Gasteiger partial charge is 0.493 e. The highest BCUT2D eigenvalue weighted by molar-refractivity contribution is 7.80. The van der Waals surface area contributed by atoms with Crippen LogP contribution in [0.3, 0.4) is 0 Å². The highest BCUT2D eigenvalue weighted by Gasteiger charge is 2.31.